The summed E-state index contributed by atoms with van der Waals surface area (Å²) >= 11 is 3.24. The summed E-state index contributed by atoms with van der Waals surface area (Å²) < 4.78 is 0.121. The molecule has 0 unspecified atom stereocenters. The minimum Gasteiger partial charge on any atom is -0.350 e. The van der Waals surface area contributed by atoms with Gasteiger partial charge in [-0.05, 0) is 30.5 Å². The molecule has 0 aliphatic rings. The van der Waals surface area contributed by atoms with Crippen molar-refractivity contribution in [1.82, 2.24) is 5.32 Å². The first-order valence-corrected chi connectivity index (χ1v) is 8.82. The summed E-state index contributed by atoms with van der Waals surface area (Å²) in [6.45, 7) is 5.31. The highest BCUT2D eigenvalue weighted by molar-refractivity contribution is 8.00. The number of amides is 1. The van der Waals surface area contributed by atoms with Crippen molar-refractivity contribution >= 4 is 29.0 Å². The average molecular weight is 310 g/mol. The van der Waals surface area contributed by atoms with Gasteiger partial charge in [-0.3, -0.25) is 4.79 Å². The summed E-state index contributed by atoms with van der Waals surface area (Å²) in [7, 11) is 0. The minimum absolute atomic E-state index is 0.0401. The number of thioether (sulfide) groups is 1. The largest absolute Gasteiger partial charge is 0.350 e. The molecule has 1 amide bonds. The van der Waals surface area contributed by atoms with Crippen molar-refractivity contribution in [2.45, 2.75) is 31.4 Å². The molecular formula is C15H22N2OS2. The summed E-state index contributed by atoms with van der Waals surface area (Å²) in [5.74, 6) is 5.69. The van der Waals surface area contributed by atoms with Crippen molar-refractivity contribution in [2.24, 2.45) is 5.73 Å². The Labute approximate surface area is 129 Å². The van der Waals surface area contributed by atoms with E-state index in [9.17, 15) is 4.79 Å². The standard InChI is InChI=1S/C15H22N2OS2/c1-4-15(5-2,19-3)11-17-14(18)13-12(7-6-9-16)8-10-20-13/h8,10H,4-5,9,11,16H2,1-3H3,(H,17,18). The van der Waals surface area contributed by atoms with Gasteiger partial charge in [-0.2, -0.15) is 11.8 Å². The number of carbonyl (C=O) groups excluding carboxylic acids is 1. The van der Waals surface area contributed by atoms with E-state index in [2.05, 4.69) is 37.3 Å². The van der Waals surface area contributed by atoms with Crippen molar-refractivity contribution in [2.75, 3.05) is 19.3 Å². The quantitative estimate of drug-likeness (QED) is 0.794. The van der Waals surface area contributed by atoms with Crippen molar-refractivity contribution in [3.63, 3.8) is 0 Å². The molecule has 0 aromatic carbocycles. The summed E-state index contributed by atoms with van der Waals surface area (Å²) in [5.41, 5.74) is 6.13. The lowest BCUT2D eigenvalue weighted by Gasteiger charge is -2.29. The summed E-state index contributed by atoms with van der Waals surface area (Å²) in [4.78, 5) is 12.9. The molecule has 3 N–H and O–H groups in total. The van der Waals surface area contributed by atoms with Crippen LogP contribution in [-0.4, -0.2) is 30.0 Å². The van der Waals surface area contributed by atoms with Crippen LogP contribution in [0.1, 0.15) is 41.9 Å². The first kappa shape index (κ1) is 17.1. The fourth-order valence-corrected chi connectivity index (χ4v) is 3.47. The Hall–Kier alpha value is -0.960. The fourth-order valence-electron chi connectivity index (χ4n) is 1.91. The predicted molar refractivity (Wildman–Crippen MR) is 89.4 cm³/mol. The minimum atomic E-state index is -0.0401. The molecule has 0 atom stereocenters. The third kappa shape index (κ3) is 4.27. The van der Waals surface area contributed by atoms with Crippen LogP contribution < -0.4 is 11.1 Å². The SMILES string of the molecule is CCC(CC)(CNC(=O)c1sccc1C#CCN)SC. The number of nitrogens with two attached hydrogens (primary N) is 1. The molecule has 1 aromatic rings. The van der Waals surface area contributed by atoms with Crippen LogP contribution >= 0.6 is 23.1 Å². The van der Waals surface area contributed by atoms with Crippen LogP contribution in [0.2, 0.25) is 0 Å². The molecule has 0 spiro atoms. The monoisotopic (exact) mass is 310 g/mol. The zero-order valence-corrected chi connectivity index (χ0v) is 13.9. The van der Waals surface area contributed by atoms with Crippen LogP contribution in [0.5, 0.6) is 0 Å². The highest BCUT2D eigenvalue weighted by atomic mass is 32.2. The maximum Gasteiger partial charge on any atom is 0.262 e. The van der Waals surface area contributed by atoms with E-state index in [-0.39, 0.29) is 10.7 Å². The molecule has 0 aliphatic carbocycles. The van der Waals surface area contributed by atoms with E-state index in [1.54, 1.807) is 0 Å². The Balaban J connectivity index is 2.75. The highest BCUT2D eigenvalue weighted by Crippen LogP contribution is 2.29. The van der Waals surface area contributed by atoms with Gasteiger partial charge in [-0.25, -0.2) is 0 Å². The number of carbonyl (C=O) groups is 1. The van der Waals surface area contributed by atoms with Gasteiger partial charge >= 0.3 is 0 Å². The van der Waals surface area contributed by atoms with Gasteiger partial charge in [0.25, 0.3) is 5.91 Å². The van der Waals surface area contributed by atoms with E-state index in [0.717, 1.165) is 18.4 Å². The van der Waals surface area contributed by atoms with Crippen molar-refractivity contribution in [3.05, 3.63) is 21.9 Å². The predicted octanol–water partition coefficient (Wildman–Crippen LogP) is 2.71. The Kier molecular flexibility index (Phi) is 7.14. The molecule has 0 bridgehead atoms. The summed E-state index contributed by atoms with van der Waals surface area (Å²) in [6, 6.07) is 1.86. The van der Waals surface area contributed by atoms with Gasteiger partial charge in [0.05, 0.1) is 6.54 Å². The second-order valence-corrected chi connectivity index (χ2v) is 6.64. The van der Waals surface area contributed by atoms with Crippen LogP contribution in [0.15, 0.2) is 11.4 Å². The second-order valence-electron chi connectivity index (χ2n) is 4.45. The van der Waals surface area contributed by atoms with Gasteiger partial charge in [-0.15, -0.1) is 11.3 Å². The van der Waals surface area contributed by atoms with Crippen LogP contribution in [0.3, 0.4) is 0 Å². The maximum atomic E-state index is 12.3. The third-order valence-corrected chi connectivity index (χ3v) is 5.99. The van der Waals surface area contributed by atoms with Gasteiger partial charge in [0.15, 0.2) is 0 Å². The molecule has 0 saturated heterocycles. The zero-order chi connectivity index (χ0) is 15.0. The molecule has 1 heterocycles. The van der Waals surface area contributed by atoms with Gasteiger partial charge in [-0.1, -0.05) is 25.7 Å². The lowest BCUT2D eigenvalue weighted by Crippen LogP contribution is -2.39. The van der Waals surface area contributed by atoms with E-state index in [0.29, 0.717) is 18.0 Å². The van der Waals surface area contributed by atoms with Crippen molar-refractivity contribution in [3.8, 4) is 11.8 Å². The second kappa shape index (κ2) is 8.35. The smallest absolute Gasteiger partial charge is 0.262 e. The topological polar surface area (TPSA) is 55.1 Å². The highest BCUT2D eigenvalue weighted by Gasteiger charge is 2.26. The Bertz CT molecular complexity index is 487. The van der Waals surface area contributed by atoms with E-state index in [1.807, 2.05) is 23.2 Å². The number of hydrogen-bond acceptors (Lipinski definition) is 4. The number of hydrogen-bond donors (Lipinski definition) is 2. The van der Waals surface area contributed by atoms with Gasteiger partial charge < -0.3 is 11.1 Å². The molecule has 1 aromatic heterocycles. The molecule has 20 heavy (non-hydrogen) atoms. The fraction of sp³-hybridized carbons (Fsp3) is 0.533. The first-order chi connectivity index (χ1) is 9.62. The molecule has 110 valence electrons. The number of thiophene rings is 1. The molecular weight excluding hydrogens is 288 g/mol. The molecule has 3 nitrogen and oxygen atoms in total. The normalized spacial score (nSPS) is 10.8. The molecule has 0 aliphatic heterocycles. The number of nitrogens with one attached hydrogen (secondary N) is 1. The molecule has 0 radical (unpaired) electrons. The zero-order valence-electron chi connectivity index (χ0n) is 12.3. The van der Waals surface area contributed by atoms with Crippen LogP contribution in [-0.2, 0) is 0 Å². The Morgan fingerprint density at radius 2 is 2.20 bits per heavy atom. The van der Waals surface area contributed by atoms with E-state index in [4.69, 9.17) is 5.73 Å². The van der Waals surface area contributed by atoms with Gasteiger partial charge in [0.2, 0.25) is 0 Å². The Morgan fingerprint density at radius 3 is 2.75 bits per heavy atom. The maximum absolute atomic E-state index is 12.3. The van der Waals surface area contributed by atoms with E-state index >= 15 is 0 Å². The molecule has 0 saturated carbocycles. The van der Waals surface area contributed by atoms with Crippen LogP contribution in [0.4, 0.5) is 0 Å². The summed E-state index contributed by atoms with van der Waals surface area (Å²) in [5, 5.41) is 4.93. The lowest BCUT2D eigenvalue weighted by molar-refractivity contribution is 0.0953. The van der Waals surface area contributed by atoms with Crippen molar-refractivity contribution < 1.29 is 4.79 Å². The number of rotatable bonds is 6. The van der Waals surface area contributed by atoms with E-state index < -0.39 is 0 Å². The lowest BCUT2D eigenvalue weighted by atomic mass is 10.0. The summed E-state index contributed by atoms with van der Waals surface area (Å²) in [6.07, 6.45) is 4.17. The average Bonchev–Trinajstić information content (AvgIpc) is 2.95. The van der Waals surface area contributed by atoms with Crippen LogP contribution in [0.25, 0.3) is 0 Å². The molecule has 1 rings (SSSR count). The van der Waals surface area contributed by atoms with Crippen molar-refractivity contribution in [1.29, 1.82) is 0 Å². The third-order valence-electron chi connectivity index (χ3n) is 3.49. The van der Waals surface area contributed by atoms with Gasteiger partial charge in [0, 0.05) is 16.9 Å². The van der Waals surface area contributed by atoms with Gasteiger partial charge in [0.1, 0.15) is 4.88 Å². The molecule has 0 fully saturated rings. The van der Waals surface area contributed by atoms with Crippen LogP contribution in [0, 0.1) is 11.8 Å². The first-order valence-electron chi connectivity index (χ1n) is 6.72. The Morgan fingerprint density at radius 1 is 1.50 bits per heavy atom. The molecule has 5 heteroatoms. The van der Waals surface area contributed by atoms with E-state index in [1.165, 1.54) is 11.3 Å².